The normalized spacial score (nSPS) is 10.3. The van der Waals surface area contributed by atoms with Gasteiger partial charge < -0.3 is 15.4 Å². The average molecular weight is 375 g/mol. The summed E-state index contributed by atoms with van der Waals surface area (Å²) in [6.45, 7) is 4.41. The molecule has 2 aromatic rings. The average Bonchev–Trinajstić information content (AvgIpc) is 2.62. The van der Waals surface area contributed by atoms with E-state index in [0.29, 0.717) is 30.3 Å². The van der Waals surface area contributed by atoms with Gasteiger partial charge in [-0.05, 0) is 42.7 Å². The Balaban J connectivity index is 1.64. The van der Waals surface area contributed by atoms with Crippen LogP contribution in [-0.4, -0.2) is 31.5 Å². The first-order valence-corrected chi connectivity index (χ1v) is 8.80. The summed E-state index contributed by atoms with van der Waals surface area (Å²) in [5.41, 5.74) is 2.77. The minimum Gasteiger partial charge on any atom is -0.484 e. The van der Waals surface area contributed by atoms with Crippen molar-refractivity contribution in [3.05, 3.63) is 64.2 Å². The molecule has 2 amide bonds. The highest BCUT2D eigenvalue weighted by Gasteiger charge is 2.07. The van der Waals surface area contributed by atoms with Crippen LogP contribution >= 0.6 is 11.6 Å². The predicted octanol–water partition coefficient (Wildman–Crippen LogP) is 2.81. The molecule has 2 aromatic carbocycles. The molecule has 0 atom stereocenters. The maximum absolute atomic E-state index is 11.8. The molecule has 26 heavy (non-hydrogen) atoms. The highest BCUT2D eigenvalue weighted by atomic mass is 35.5. The second kappa shape index (κ2) is 9.82. The molecule has 138 valence electrons. The predicted molar refractivity (Wildman–Crippen MR) is 103 cm³/mol. The van der Waals surface area contributed by atoms with E-state index >= 15 is 0 Å². The summed E-state index contributed by atoms with van der Waals surface area (Å²) >= 11 is 6.10. The number of amides is 2. The zero-order valence-corrected chi connectivity index (χ0v) is 15.7. The van der Waals surface area contributed by atoms with Gasteiger partial charge in [0.25, 0.3) is 5.91 Å². The van der Waals surface area contributed by atoms with Gasteiger partial charge >= 0.3 is 0 Å². The largest absolute Gasteiger partial charge is 0.484 e. The van der Waals surface area contributed by atoms with E-state index in [1.807, 2.05) is 44.2 Å². The van der Waals surface area contributed by atoms with Crippen molar-refractivity contribution >= 4 is 23.4 Å². The highest BCUT2D eigenvalue weighted by Crippen LogP contribution is 2.25. The Morgan fingerprint density at radius 1 is 0.962 bits per heavy atom. The molecular formula is C20H23ClN2O3. The van der Waals surface area contributed by atoms with Crippen molar-refractivity contribution < 1.29 is 14.3 Å². The molecule has 2 N–H and O–H groups in total. The zero-order chi connectivity index (χ0) is 18.9. The molecule has 0 aliphatic carbocycles. The molecule has 0 bridgehead atoms. The van der Waals surface area contributed by atoms with Crippen molar-refractivity contribution in [3.63, 3.8) is 0 Å². The van der Waals surface area contributed by atoms with Gasteiger partial charge in [-0.25, -0.2) is 0 Å². The van der Waals surface area contributed by atoms with Gasteiger partial charge in [0.15, 0.2) is 6.61 Å². The molecule has 0 aliphatic heterocycles. The Hall–Kier alpha value is -2.53. The first-order valence-electron chi connectivity index (χ1n) is 8.42. The van der Waals surface area contributed by atoms with E-state index in [2.05, 4.69) is 10.6 Å². The number of halogens is 1. The number of carbonyl (C=O) groups excluding carboxylic acids is 2. The van der Waals surface area contributed by atoms with Crippen molar-refractivity contribution in [2.24, 2.45) is 0 Å². The van der Waals surface area contributed by atoms with Gasteiger partial charge in [0.2, 0.25) is 5.91 Å². The van der Waals surface area contributed by atoms with E-state index in [4.69, 9.17) is 16.3 Å². The van der Waals surface area contributed by atoms with Crippen molar-refractivity contribution in [1.82, 2.24) is 10.6 Å². The fraction of sp³-hybridized carbons (Fsp3) is 0.300. The summed E-state index contributed by atoms with van der Waals surface area (Å²) in [5, 5.41) is 6.18. The van der Waals surface area contributed by atoms with E-state index in [1.54, 1.807) is 12.1 Å². The number of hydrogen-bond donors (Lipinski definition) is 2. The maximum atomic E-state index is 11.8. The standard InChI is InChI=1S/C20H23ClN2O3/c1-14-10-17(11-15(2)20(14)21)26-13-19(25)23-9-8-22-18(24)12-16-6-4-3-5-7-16/h3-7,10-11H,8-9,12-13H2,1-2H3,(H,22,24)(H,23,25). The second-order valence-electron chi connectivity index (χ2n) is 6.02. The zero-order valence-electron chi connectivity index (χ0n) is 15.0. The number of benzene rings is 2. The first-order chi connectivity index (χ1) is 12.5. The van der Waals surface area contributed by atoms with E-state index in [-0.39, 0.29) is 18.4 Å². The van der Waals surface area contributed by atoms with Crippen molar-refractivity contribution in [3.8, 4) is 5.75 Å². The quantitative estimate of drug-likeness (QED) is 0.698. The molecule has 0 spiro atoms. The molecule has 0 heterocycles. The third-order valence-corrected chi connectivity index (χ3v) is 4.35. The highest BCUT2D eigenvalue weighted by molar-refractivity contribution is 6.32. The van der Waals surface area contributed by atoms with Gasteiger partial charge in [0, 0.05) is 18.1 Å². The fourth-order valence-corrected chi connectivity index (χ4v) is 2.55. The number of ether oxygens (including phenoxy) is 1. The molecule has 0 unspecified atom stereocenters. The Morgan fingerprint density at radius 3 is 2.15 bits per heavy atom. The lowest BCUT2D eigenvalue weighted by Crippen LogP contribution is -2.37. The number of rotatable bonds is 8. The molecule has 0 saturated carbocycles. The summed E-state index contributed by atoms with van der Waals surface area (Å²) < 4.78 is 5.48. The number of aryl methyl sites for hydroxylation is 2. The van der Waals surface area contributed by atoms with Crippen LogP contribution in [0.25, 0.3) is 0 Å². The van der Waals surface area contributed by atoms with Crippen LogP contribution < -0.4 is 15.4 Å². The van der Waals surface area contributed by atoms with Gasteiger partial charge in [-0.2, -0.15) is 0 Å². The molecule has 2 rings (SSSR count). The summed E-state index contributed by atoms with van der Waals surface area (Å²) in [6.07, 6.45) is 0.327. The third kappa shape index (κ3) is 6.41. The Bertz CT molecular complexity index is 740. The summed E-state index contributed by atoms with van der Waals surface area (Å²) in [7, 11) is 0. The lowest BCUT2D eigenvalue weighted by Gasteiger charge is -2.11. The molecule has 6 heteroatoms. The second-order valence-corrected chi connectivity index (χ2v) is 6.40. The molecule has 0 aromatic heterocycles. The summed E-state index contributed by atoms with van der Waals surface area (Å²) in [4.78, 5) is 23.6. The number of carbonyl (C=O) groups is 2. The van der Waals surface area contributed by atoms with Crippen LogP contribution in [0.2, 0.25) is 5.02 Å². The van der Waals surface area contributed by atoms with Crippen LogP contribution in [-0.2, 0) is 16.0 Å². The Morgan fingerprint density at radius 2 is 1.54 bits per heavy atom. The number of nitrogens with one attached hydrogen (secondary N) is 2. The first kappa shape index (κ1) is 19.8. The molecule has 5 nitrogen and oxygen atoms in total. The van der Waals surface area contributed by atoms with Crippen molar-refractivity contribution in [1.29, 1.82) is 0 Å². The van der Waals surface area contributed by atoms with Crippen LogP contribution in [0.3, 0.4) is 0 Å². The van der Waals surface area contributed by atoms with Crippen LogP contribution in [0.5, 0.6) is 5.75 Å². The van der Waals surface area contributed by atoms with E-state index in [0.717, 1.165) is 16.7 Å². The number of hydrogen-bond acceptors (Lipinski definition) is 3. The molecule has 0 radical (unpaired) electrons. The molecule has 0 saturated heterocycles. The third-order valence-electron chi connectivity index (χ3n) is 3.76. The van der Waals surface area contributed by atoms with Crippen LogP contribution in [0.4, 0.5) is 0 Å². The summed E-state index contributed by atoms with van der Waals surface area (Å²) in [6, 6.07) is 13.1. The fourth-order valence-electron chi connectivity index (χ4n) is 2.44. The molecule has 0 aliphatic rings. The van der Waals surface area contributed by atoms with E-state index < -0.39 is 0 Å². The van der Waals surface area contributed by atoms with Gasteiger partial charge in [-0.1, -0.05) is 41.9 Å². The smallest absolute Gasteiger partial charge is 0.258 e. The Kier molecular flexibility index (Phi) is 7.48. The SMILES string of the molecule is Cc1cc(OCC(=O)NCCNC(=O)Cc2ccccc2)cc(C)c1Cl. The van der Waals surface area contributed by atoms with Crippen LogP contribution in [0, 0.1) is 13.8 Å². The van der Waals surface area contributed by atoms with Gasteiger partial charge in [0.1, 0.15) is 5.75 Å². The van der Waals surface area contributed by atoms with E-state index in [9.17, 15) is 9.59 Å². The van der Waals surface area contributed by atoms with E-state index in [1.165, 1.54) is 0 Å². The topological polar surface area (TPSA) is 67.4 Å². The van der Waals surface area contributed by atoms with Crippen LogP contribution in [0.1, 0.15) is 16.7 Å². The minimum absolute atomic E-state index is 0.0752. The Labute approximate surface area is 158 Å². The van der Waals surface area contributed by atoms with Crippen molar-refractivity contribution in [2.45, 2.75) is 20.3 Å². The molecular weight excluding hydrogens is 352 g/mol. The van der Waals surface area contributed by atoms with Crippen molar-refractivity contribution in [2.75, 3.05) is 19.7 Å². The lowest BCUT2D eigenvalue weighted by molar-refractivity contribution is -0.124. The minimum atomic E-state index is -0.243. The van der Waals surface area contributed by atoms with Gasteiger partial charge in [-0.3, -0.25) is 9.59 Å². The monoisotopic (exact) mass is 374 g/mol. The maximum Gasteiger partial charge on any atom is 0.258 e. The lowest BCUT2D eigenvalue weighted by atomic mass is 10.1. The van der Waals surface area contributed by atoms with Gasteiger partial charge in [0.05, 0.1) is 6.42 Å². The molecule has 0 fully saturated rings. The van der Waals surface area contributed by atoms with Crippen LogP contribution in [0.15, 0.2) is 42.5 Å². The summed E-state index contributed by atoms with van der Waals surface area (Å²) in [5.74, 6) is 0.289. The van der Waals surface area contributed by atoms with Gasteiger partial charge in [-0.15, -0.1) is 0 Å².